The molecule has 1 aromatic carbocycles. The topological polar surface area (TPSA) is 108 Å². The second-order valence-corrected chi connectivity index (χ2v) is 5.97. The summed E-state index contributed by atoms with van der Waals surface area (Å²) >= 11 is 0. The van der Waals surface area contributed by atoms with Gasteiger partial charge in [0.15, 0.2) is 15.4 Å². The number of hydrogen-bond acceptors (Lipinski definition) is 7. The molecule has 21 heavy (non-hydrogen) atoms. The number of nitrogens with one attached hydrogen (secondary N) is 2. The molecule has 0 amide bonds. The van der Waals surface area contributed by atoms with Crippen molar-refractivity contribution < 1.29 is 17.9 Å². The van der Waals surface area contributed by atoms with Crippen LogP contribution in [0.1, 0.15) is 6.92 Å². The first-order valence-corrected chi connectivity index (χ1v) is 7.86. The zero-order valence-corrected chi connectivity index (χ0v) is 12.4. The molecule has 0 heterocycles. The van der Waals surface area contributed by atoms with Gasteiger partial charge in [-0.05, 0) is 31.2 Å². The predicted molar refractivity (Wildman–Crippen MR) is 76.6 cm³/mol. The highest BCUT2D eigenvalue weighted by atomic mass is 32.2. The Bertz CT molecular complexity index is 672. The Morgan fingerprint density at radius 1 is 1.38 bits per heavy atom. The molecule has 0 atom stereocenters. The quantitative estimate of drug-likeness (QED) is 0.349. The Kier molecular flexibility index (Phi) is 5.75. The van der Waals surface area contributed by atoms with Crippen LogP contribution >= 0.6 is 0 Å². The summed E-state index contributed by atoms with van der Waals surface area (Å²) in [5.41, 5.74) is 5.66. The van der Waals surface area contributed by atoms with E-state index in [0.717, 1.165) is 6.26 Å². The van der Waals surface area contributed by atoms with Crippen LogP contribution in [0, 0.1) is 11.3 Å². The van der Waals surface area contributed by atoms with E-state index in [1.807, 2.05) is 0 Å². The number of carbonyl (C=O) groups excluding carboxylic acids is 1. The molecular weight excluding hydrogens is 294 g/mol. The summed E-state index contributed by atoms with van der Waals surface area (Å²) in [4.78, 5) is 11.5. The van der Waals surface area contributed by atoms with Crippen molar-refractivity contribution in [2.75, 3.05) is 18.3 Å². The molecule has 0 bridgehead atoms. The van der Waals surface area contributed by atoms with Gasteiger partial charge in [-0.1, -0.05) is 0 Å². The molecule has 0 aliphatic heterocycles. The van der Waals surface area contributed by atoms with Crippen LogP contribution in [-0.4, -0.2) is 27.2 Å². The Morgan fingerprint density at radius 3 is 2.48 bits per heavy atom. The van der Waals surface area contributed by atoms with Crippen LogP contribution < -0.4 is 10.9 Å². The molecule has 112 valence electrons. The van der Waals surface area contributed by atoms with Crippen LogP contribution in [0.25, 0.3) is 0 Å². The van der Waals surface area contributed by atoms with E-state index >= 15 is 0 Å². The molecule has 1 aromatic rings. The molecule has 0 aromatic heterocycles. The highest BCUT2D eigenvalue weighted by Crippen LogP contribution is 2.13. The molecule has 7 nitrogen and oxygen atoms in total. The minimum Gasteiger partial charge on any atom is -0.462 e. The lowest BCUT2D eigenvalue weighted by molar-refractivity contribution is -0.138. The first-order valence-electron chi connectivity index (χ1n) is 5.97. The number of nitriles is 1. The van der Waals surface area contributed by atoms with Gasteiger partial charge in [0, 0.05) is 12.5 Å². The molecule has 0 aliphatic rings. The molecule has 8 heteroatoms. The summed E-state index contributed by atoms with van der Waals surface area (Å²) in [5.74, 6) is -0.721. The second-order valence-electron chi connectivity index (χ2n) is 3.96. The number of benzene rings is 1. The number of esters is 1. The van der Waals surface area contributed by atoms with Gasteiger partial charge in [0.25, 0.3) is 0 Å². The minimum absolute atomic E-state index is 0.179. The lowest BCUT2D eigenvalue weighted by atomic mass is 10.3. The van der Waals surface area contributed by atoms with Crippen molar-refractivity contribution in [3.05, 3.63) is 36.0 Å². The van der Waals surface area contributed by atoms with Gasteiger partial charge in [0.1, 0.15) is 6.07 Å². The van der Waals surface area contributed by atoms with E-state index in [4.69, 9.17) is 5.26 Å². The Morgan fingerprint density at radius 2 is 2.00 bits per heavy atom. The smallest absolute Gasteiger partial charge is 0.350 e. The SMILES string of the molecule is CCOC(=O)/C(C#N)=C/NNc1ccc(S(C)(=O)=O)cc1. The fourth-order valence-corrected chi connectivity index (χ4v) is 1.95. The molecular formula is C13H15N3O4S. The van der Waals surface area contributed by atoms with E-state index in [1.54, 1.807) is 25.1 Å². The van der Waals surface area contributed by atoms with Gasteiger partial charge in [-0.2, -0.15) is 5.26 Å². The fourth-order valence-electron chi connectivity index (χ4n) is 1.32. The third-order valence-electron chi connectivity index (χ3n) is 2.33. The van der Waals surface area contributed by atoms with Crippen LogP contribution in [0.3, 0.4) is 0 Å². The first-order chi connectivity index (χ1) is 9.88. The van der Waals surface area contributed by atoms with E-state index in [1.165, 1.54) is 18.3 Å². The highest BCUT2D eigenvalue weighted by Gasteiger charge is 2.09. The maximum atomic E-state index is 11.3. The van der Waals surface area contributed by atoms with E-state index < -0.39 is 15.8 Å². The Hall–Kier alpha value is -2.53. The van der Waals surface area contributed by atoms with E-state index in [2.05, 4.69) is 15.6 Å². The normalized spacial score (nSPS) is 11.4. The molecule has 0 radical (unpaired) electrons. The number of hydrogen-bond donors (Lipinski definition) is 2. The Labute approximate surface area is 123 Å². The third-order valence-corrected chi connectivity index (χ3v) is 3.46. The van der Waals surface area contributed by atoms with Crippen LogP contribution in [0.4, 0.5) is 5.69 Å². The second kappa shape index (κ2) is 7.31. The van der Waals surface area contributed by atoms with Gasteiger partial charge in [0.2, 0.25) is 0 Å². The maximum Gasteiger partial charge on any atom is 0.350 e. The summed E-state index contributed by atoms with van der Waals surface area (Å²) in [6, 6.07) is 7.69. The molecule has 0 unspecified atom stereocenters. The molecule has 0 saturated carbocycles. The van der Waals surface area contributed by atoms with Crippen LogP contribution in [0.2, 0.25) is 0 Å². The standard InChI is InChI=1S/C13H15N3O4S/c1-3-20-13(17)10(8-14)9-15-16-11-4-6-12(7-5-11)21(2,18)19/h4-7,9,15-16H,3H2,1-2H3/b10-9+. The largest absolute Gasteiger partial charge is 0.462 e. The highest BCUT2D eigenvalue weighted by molar-refractivity contribution is 7.90. The lowest BCUT2D eigenvalue weighted by Crippen LogP contribution is -2.17. The van der Waals surface area contributed by atoms with Crippen LogP contribution in [0.5, 0.6) is 0 Å². The fraction of sp³-hybridized carbons (Fsp3) is 0.231. The van der Waals surface area contributed by atoms with Crippen molar-refractivity contribution in [1.82, 2.24) is 5.43 Å². The number of nitrogens with zero attached hydrogens (tertiary/aromatic N) is 1. The monoisotopic (exact) mass is 309 g/mol. The average Bonchev–Trinajstić information content (AvgIpc) is 2.43. The summed E-state index contributed by atoms with van der Waals surface area (Å²) in [6.45, 7) is 1.82. The molecule has 0 fully saturated rings. The zero-order chi connectivity index (χ0) is 15.9. The third kappa shape index (κ3) is 5.16. The summed E-state index contributed by atoms with van der Waals surface area (Å²) in [5, 5.41) is 8.79. The van der Waals surface area contributed by atoms with Crippen molar-refractivity contribution >= 4 is 21.5 Å². The van der Waals surface area contributed by atoms with Crippen molar-refractivity contribution in [3.63, 3.8) is 0 Å². The van der Waals surface area contributed by atoms with Gasteiger partial charge in [0.05, 0.1) is 17.2 Å². The van der Waals surface area contributed by atoms with Crippen molar-refractivity contribution in [2.45, 2.75) is 11.8 Å². The van der Waals surface area contributed by atoms with Crippen LogP contribution in [0.15, 0.2) is 40.9 Å². The lowest BCUT2D eigenvalue weighted by Gasteiger charge is -2.07. The molecule has 0 spiro atoms. The number of sulfone groups is 1. The summed E-state index contributed by atoms with van der Waals surface area (Å²) in [7, 11) is -3.24. The number of ether oxygens (including phenoxy) is 1. The van der Waals surface area contributed by atoms with Gasteiger partial charge in [-0.15, -0.1) is 0 Å². The number of carbonyl (C=O) groups is 1. The number of hydrazine groups is 1. The van der Waals surface area contributed by atoms with Crippen molar-refractivity contribution in [2.24, 2.45) is 0 Å². The molecule has 2 N–H and O–H groups in total. The molecule has 0 aliphatic carbocycles. The number of anilines is 1. The summed E-state index contributed by atoms with van der Waals surface area (Å²) < 4.78 is 27.3. The summed E-state index contributed by atoms with van der Waals surface area (Å²) in [6.07, 6.45) is 2.29. The van der Waals surface area contributed by atoms with Gasteiger partial charge >= 0.3 is 5.97 Å². The zero-order valence-electron chi connectivity index (χ0n) is 11.6. The van der Waals surface area contributed by atoms with Gasteiger partial charge in [-0.25, -0.2) is 13.2 Å². The maximum absolute atomic E-state index is 11.3. The van der Waals surface area contributed by atoms with Crippen LogP contribution in [-0.2, 0) is 19.4 Å². The first kappa shape index (κ1) is 16.5. The van der Waals surface area contributed by atoms with E-state index in [9.17, 15) is 13.2 Å². The molecule has 0 saturated heterocycles. The number of rotatable bonds is 6. The van der Waals surface area contributed by atoms with Crippen molar-refractivity contribution in [1.29, 1.82) is 5.26 Å². The minimum atomic E-state index is -3.24. The Balaban J connectivity index is 2.67. The van der Waals surface area contributed by atoms with E-state index in [-0.39, 0.29) is 17.1 Å². The van der Waals surface area contributed by atoms with E-state index in [0.29, 0.717) is 5.69 Å². The van der Waals surface area contributed by atoms with Gasteiger partial charge < -0.3 is 15.6 Å². The van der Waals surface area contributed by atoms with Crippen molar-refractivity contribution in [3.8, 4) is 6.07 Å². The predicted octanol–water partition coefficient (Wildman–Crippen LogP) is 0.977. The molecule has 1 rings (SSSR count). The van der Waals surface area contributed by atoms with Gasteiger partial charge in [-0.3, -0.25) is 0 Å². The average molecular weight is 309 g/mol.